The molecule has 2 aromatic carbocycles. The molecule has 1 aliphatic rings. The first kappa shape index (κ1) is 22.7. The summed E-state index contributed by atoms with van der Waals surface area (Å²) in [7, 11) is 1.46. The molecular formula is C25H27FN4O3. The highest BCUT2D eigenvalue weighted by Gasteiger charge is 2.21. The summed E-state index contributed by atoms with van der Waals surface area (Å²) in [5, 5.41) is 7.21. The molecule has 33 heavy (non-hydrogen) atoms. The summed E-state index contributed by atoms with van der Waals surface area (Å²) in [4.78, 5) is 27.2. The van der Waals surface area contributed by atoms with Gasteiger partial charge < -0.3 is 10.1 Å². The first-order chi connectivity index (χ1) is 16.0. The van der Waals surface area contributed by atoms with Crippen molar-refractivity contribution in [3.63, 3.8) is 0 Å². The lowest BCUT2D eigenvalue weighted by Crippen LogP contribution is -2.46. The van der Waals surface area contributed by atoms with Gasteiger partial charge in [0, 0.05) is 43.4 Å². The van der Waals surface area contributed by atoms with E-state index in [-0.39, 0.29) is 29.8 Å². The van der Waals surface area contributed by atoms with Crippen molar-refractivity contribution in [2.24, 2.45) is 0 Å². The Hall–Kier alpha value is -3.52. The Labute approximate surface area is 191 Å². The van der Waals surface area contributed by atoms with Crippen LogP contribution in [0.1, 0.15) is 18.4 Å². The first-order valence-electron chi connectivity index (χ1n) is 11.0. The first-order valence-corrected chi connectivity index (χ1v) is 11.0. The predicted molar refractivity (Wildman–Crippen MR) is 123 cm³/mol. The van der Waals surface area contributed by atoms with E-state index in [0.717, 1.165) is 37.2 Å². The average Bonchev–Trinajstić information content (AvgIpc) is 2.82. The number of nitrogens with zero attached hydrogens (tertiary/aromatic N) is 3. The maximum Gasteiger partial charge on any atom is 0.267 e. The van der Waals surface area contributed by atoms with E-state index in [1.165, 1.54) is 36.9 Å². The van der Waals surface area contributed by atoms with E-state index in [9.17, 15) is 14.0 Å². The number of amides is 1. The third kappa shape index (κ3) is 5.84. The van der Waals surface area contributed by atoms with Gasteiger partial charge in [0.1, 0.15) is 18.1 Å². The zero-order chi connectivity index (χ0) is 23.2. The number of carbonyl (C=O) groups is 1. The van der Waals surface area contributed by atoms with Gasteiger partial charge in [0.2, 0.25) is 5.91 Å². The van der Waals surface area contributed by atoms with Crippen LogP contribution in [0, 0.1) is 5.82 Å². The van der Waals surface area contributed by atoms with Crippen LogP contribution in [0.2, 0.25) is 0 Å². The minimum Gasteiger partial charge on any atom is -0.497 e. The molecule has 8 heteroatoms. The molecule has 1 fully saturated rings. The number of ether oxygens (including phenoxy) is 1. The fourth-order valence-corrected chi connectivity index (χ4v) is 4.02. The Morgan fingerprint density at radius 2 is 1.88 bits per heavy atom. The highest BCUT2D eigenvalue weighted by Crippen LogP contribution is 2.24. The summed E-state index contributed by atoms with van der Waals surface area (Å²) in [5.41, 5.74) is 1.37. The van der Waals surface area contributed by atoms with Crippen LogP contribution in [0.4, 0.5) is 4.39 Å². The molecule has 7 nitrogen and oxygen atoms in total. The topological polar surface area (TPSA) is 76.5 Å². The van der Waals surface area contributed by atoms with Crippen LogP contribution < -0.4 is 15.6 Å². The molecule has 4 rings (SSSR count). The Morgan fingerprint density at radius 1 is 1.12 bits per heavy atom. The SMILES string of the molecule is COc1ccc(-c2ccc(=O)n(CC(=O)NC3CCN(Cc4ccccc4)CC3)n2)c(F)c1. The summed E-state index contributed by atoms with van der Waals surface area (Å²) in [6.07, 6.45) is 1.69. The highest BCUT2D eigenvalue weighted by atomic mass is 19.1. The summed E-state index contributed by atoms with van der Waals surface area (Å²) >= 11 is 0. The van der Waals surface area contributed by atoms with Crippen LogP contribution in [0.15, 0.2) is 65.5 Å². The fraction of sp³-hybridized carbons (Fsp3) is 0.320. The van der Waals surface area contributed by atoms with Crippen molar-refractivity contribution < 1.29 is 13.9 Å². The lowest BCUT2D eigenvalue weighted by atomic mass is 10.0. The molecular weight excluding hydrogens is 423 g/mol. The van der Waals surface area contributed by atoms with Crippen LogP contribution >= 0.6 is 0 Å². The molecule has 0 unspecified atom stereocenters. The average molecular weight is 451 g/mol. The van der Waals surface area contributed by atoms with Crippen molar-refractivity contribution in [1.29, 1.82) is 0 Å². The van der Waals surface area contributed by atoms with Crippen molar-refractivity contribution in [1.82, 2.24) is 20.0 Å². The minimum atomic E-state index is -0.515. The molecule has 0 aliphatic carbocycles. The maximum absolute atomic E-state index is 14.4. The normalized spacial score (nSPS) is 14.7. The largest absolute Gasteiger partial charge is 0.497 e. The second-order valence-electron chi connectivity index (χ2n) is 8.16. The van der Waals surface area contributed by atoms with E-state index in [4.69, 9.17) is 4.74 Å². The number of likely N-dealkylation sites (tertiary alicyclic amines) is 1. The Balaban J connectivity index is 1.34. The predicted octanol–water partition coefficient (Wildman–Crippen LogP) is 2.84. The number of halogens is 1. The summed E-state index contributed by atoms with van der Waals surface area (Å²) in [6.45, 7) is 2.47. The van der Waals surface area contributed by atoms with Gasteiger partial charge in [-0.25, -0.2) is 9.07 Å². The van der Waals surface area contributed by atoms with Gasteiger partial charge in [-0.05, 0) is 36.6 Å². The Morgan fingerprint density at radius 3 is 2.58 bits per heavy atom. The Bertz CT molecular complexity index is 1160. The lowest BCUT2D eigenvalue weighted by Gasteiger charge is -2.32. The smallest absolute Gasteiger partial charge is 0.267 e. The zero-order valence-electron chi connectivity index (χ0n) is 18.5. The van der Waals surface area contributed by atoms with Crippen LogP contribution in [-0.4, -0.2) is 46.8 Å². The molecule has 1 saturated heterocycles. The molecule has 1 N–H and O–H groups in total. The fourth-order valence-electron chi connectivity index (χ4n) is 4.02. The third-order valence-electron chi connectivity index (χ3n) is 5.81. The van der Waals surface area contributed by atoms with E-state index < -0.39 is 11.4 Å². The number of benzene rings is 2. The molecule has 0 spiro atoms. The van der Waals surface area contributed by atoms with Gasteiger partial charge >= 0.3 is 0 Å². The van der Waals surface area contributed by atoms with Gasteiger partial charge in [-0.2, -0.15) is 5.10 Å². The molecule has 0 bridgehead atoms. The molecule has 0 radical (unpaired) electrons. The second kappa shape index (κ2) is 10.4. The van der Waals surface area contributed by atoms with Gasteiger partial charge in [0.05, 0.1) is 12.8 Å². The third-order valence-corrected chi connectivity index (χ3v) is 5.81. The number of methoxy groups -OCH3 is 1. The van der Waals surface area contributed by atoms with Gasteiger partial charge in [0.15, 0.2) is 0 Å². The molecule has 1 aromatic heterocycles. The van der Waals surface area contributed by atoms with Crippen molar-refractivity contribution >= 4 is 5.91 Å². The molecule has 3 aromatic rings. The van der Waals surface area contributed by atoms with Gasteiger partial charge in [-0.1, -0.05) is 30.3 Å². The molecule has 1 amide bonds. The van der Waals surface area contributed by atoms with E-state index in [0.29, 0.717) is 5.75 Å². The number of piperidine rings is 1. The molecule has 0 saturated carbocycles. The van der Waals surface area contributed by atoms with Crippen LogP contribution in [0.3, 0.4) is 0 Å². The van der Waals surface area contributed by atoms with Crippen LogP contribution in [-0.2, 0) is 17.9 Å². The van der Waals surface area contributed by atoms with Crippen molar-refractivity contribution in [3.05, 3.63) is 82.4 Å². The van der Waals surface area contributed by atoms with E-state index in [1.54, 1.807) is 6.07 Å². The maximum atomic E-state index is 14.4. The van der Waals surface area contributed by atoms with Crippen molar-refractivity contribution in [3.8, 4) is 17.0 Å². The summed E-state index contributed by atoms with van der Waals surface area (Å²) in [6, 6.07) is 17.5. The number of nitrogens with one attached hydrogen (secondary N) is 1. The second-order valence-corrected chi connectivity index (χ2v) is 8.16. The standard InChI is InChI=1S/C25H27FN4O3/c1-33-20-7-8-21(22(26)15-20)23-9-10-25(32)30(28-23)17-24(31)27-19-11-13-29(14-12-19)16-18-5-3-2-4-6-18/h2-10,15,19H,11-14,16-17H2,1H3,(H,27,31). The van der Waals surface area contributed by atoms with Crippen LogP contribution in [0.25, 0.3) is 11.3 Å². The van der Waals surface area contributed by atoms with E-state index >= 15 is 0 Å². The van der Waals surface area contributed by atoms with Crippen molar-refractivity contribution in [2.45, 2.75) is 32.0 Å². The van der Waals surface area contributed by atoms with Gasteiger partial charge in [-0.3, -0.25) is 14.5 Å². The molecule has 172 valence electrons. The zero-order valence-corrected chi connectivity index (χ0v) is 18.5. The quantitative estimate of drug-likeness (QED) is 0.599. The van der Waals surface area contributed by atoms with E-state index in [1.807, 2.05) is 18.2 Å². The number of hydrogen-bond donors (Lipinski definition) is 1. The Kier molecular flexibility index (Phi) is 7.14. The van der Waals surface area contributed by atoms with Crippen LogP contribution in [0.5, 0.6) is 5.75 Å². The molecule has 0 atom stereocenters. The molecule has 2 heterocycles. The molecule has 1 aliphatic heterocycles. The van der Waals surface area contributed by atoms with E-state index in [2.05, 4.69) is 27.4 Å². The summed E-state index contributed by atoms with van der Waals surface area (Å²) < 4.78 is 20.5. The minimum absolute atomic E-state index is 0.0578. The van der Waals surface area contributed by atoms with Gasteiger partial charge in [-0.15, -0.1) is 0 Å². The number of rotatable bonds is 7. The summed E-state index contributed by atoms with van der Waals surface area (Å²) in [5.74, 6) is -0.406. The number of carbonyl (C=O) groups excluding carboxylic acids is 1. The monoisotopic (exact) mass is 450 g/mol. The van der Waals surface area contributed by atoms with Crippen molar-refractivity contribution in [2.75, 3.05) is 20.2 Å². The number of hydrogen-bond acceptors (Lipinski definition) is 5. The lowest BCUT2D eigenvalue weighted by molar-refractivity contribution is -0.122. The number of aromatic nitrogens is 2. The van der Waals surface area contributed by atoms with Gasteiger partial charge in [0.25, 0.3) is 5.56 Å². The highest BCUT2D eigenvalue weighted by molar-refractivity contribution is 5.76.